The number of hydrogen-bond donors (Lipinski definition) is 0. The van der Waals surface area contributed by atoms with Crippen LogP contribution in [0.2, 0.25) is 0 Å². The molecule has 0 aliphatic heterocycles. The third-order valence-electron chi connectivity index (χ3n) is 2.97. The molecule has 0 aliphatic carbocycles. The average Bonchev–Trinajstić information content (AvgIpc) is 2.47. The zero-order valence-corrected chi connectivity index (χ0v) is 13.9. The van der Waals surface area contributed by atoms with Crippen molar-refractivity contribution in [3.8, 4) is 11.6 Å². The Morgan fingerprint density at radius 3 is 2.61 bits per heavy atom. The lowest BCUT2D eigenvalue weighted by Gasteiger charge is -2.19. The van der Waals surface area contributed by atoms with Crippen molar-refractivity contribution in [3.05, 3.63) is 65.6 Å². The summed E-state index contributed by atoms with van der Waals surface area (Å²) in [6.45, 7) is 4.33. The van der Waals surface area contributed by atoms with Crippen LogP contribution in [-0.4, -0.2) is 11.6 Å². The molecule has 122 valence electrons. The van der Waals surface area contributed by atoms with E-state index in [-0.39, 0.29) is 0 Å². The first-order chi connectivity index (χ1) is 10.9. The van der Waals surface area contributed by atoms with Crippen LogP contribution in [0.25, 0.3) is 0 Å². The minimum absolute atomic E-state index is 0.313. The van der Waals surface area contributed by atoms with Gasteiger partial charge < -0.3 is 9.47 Å². The van der Waals surface area contributed by atoms with E-state index in [1.54, 1.807) is 6.07 Å². The van der Waals surface area contributed by atoms with Crippen LogP contribution >= 0.6 is 11.6 Å². The molecule has 0 radical (unpaired) electrons. The Morgan fingerprint density at radius 1 is 1.17 bits per heavy atom. The van der Waals surface area contributed by atoms with Crippen LogP contribution in [0.4, 0.5) is 4.39 Å². The molecule has 5 heteroatoms. The van der Waals surface area contributed by atoms with Crippen LogP contribution in [0.5, 0.6) is 11.6 Å². The van der Waals surface area contributed by atoms with Crippen molar-refractivity contribution in [1.82, 2.24) is 4.98 Å². The highest BCUT2D eigenvalue weighted by Crippen LogP contribution is 2.23. The van der Waals surface area contributed by atoms with Gasteiger partial charge in [-0.2, -0.15) is 4.39 Å². The van der Waals surface area contributed by atoms with Crippen LogP contribution < -0.4 is 4.74 Å². The number of rotatable bonds is 7. The molecule has 0 aliphatic rings. The highest BCUT2D eigenvalue weighted by Gasteiger charge is 2.16. The largest absolute Gasteiger partial charge is 0.439 e. The van der Waals surface area contributed by atoms with E-state index in [1.807, 2.05) is 56.3 Å². The average molecular weight is 336 g/mol. The summed E-state index contributed by atoms with van der Waals surface area (Å²) in [7, 11) is 0. The minimum atomic E-state index is -0.727. The molecule has 1 aromatic heterocycles. The number of halogens is 2. The fourth-order valence-corrected chi connectivity index (χ4v) is 2.26. The maximum Gasteiger partial charge on any atom is 0.219 e. The summed E-state index contributed by atoms with van der Waals surface area (Å²) in [5, 5.41) is -0.727. The molecule has 0 bridgehead atoms. The van der Waals surface area contributed by atoms with Crippen molar-refractivity contribution >= 4 is 11.6 Å². The van der Waals surface area contributed by atoms with Gasteiger partial charge in [0.05, 0.1) is 18.9 Å². The summed E-state index contributed by atoms with van der Waals surface area (Å²) >= 11 is 5.27. The van der Waals surface area contributed by atoms with Gasteiger partial charge in [-0.05, 0) is 24.3 Å². The lowest BCUT2D eigenvalue weighted by Crippen LogP contribution is -2.16. The van der Waals surface area contributed by atoms with Crippen molar-refractivity contribution in [3.63, 3.8) is 0 Å². The van der Waals surface area contributed by atoms with Gasteiger partial charge in [-0.15, -0.1) is 0 Å². The molecule has 1 aromatic carbocycles. The molecule has 2 rings (SSSR count). The Bertz CT molecular complexity index is 655. The highest BCUT2D eigenvalue weighted by molar-refractivity contribution is 6.28. The number of benzene rings is 1. The lowest BCUT2D eigenvalue weighted by molar-refractivity contribution is 0.0690. The monoisotopic (exact) mass is 335 g/mol. The van der Waals surface area contributed by atoms with Crippen LogP contribution in [0.15, 0.2) is 59.9 Å². The first-order valence-electron chi connectivity index (χ1n) is 7.25. The third kappa shape index (κ3) is 6.38. The first-order valence-corrected chi connectivity index (χ1v) is 7.63. The van der Waals surface area contributed by atoms with Crippen molar-refractivity contribution in [2.75, 3.05) is 6.61 Å². The molecule has 0 unspecified atom stereocenters. The van der Waals surface area contributed by atoms with E-state index < -0.39 is 10.7 Å². The van der Waals surface area contributed by atoms with E-state index >= 15 is 0 Å². The second kappa shape index (κ2) is 8.09. The molecule has 0 saturated heterocycles. The summed E-state index contributed by atoms with van der Waals surface area (Å²) in [4.78, 5) is 4.39. The van der Waals surface area contributed by atoms with Crippen molar-refractivity contribution in [2.24, 2.45) is 5.41 Å². The van der Waals surface area contributed by atoms with Crippen molar-refractivity contribution < 1.29 is 13.9 Å². The van der Waals surface area contributed by atoms with Gasteiger partial charge in [0, 0.05) is 11.5 Å². The first kappa shape index (κ1) is 17.4. The van der Waals surface area contributed by atoms with Gasteiger partial charge in [-0.1, -0.05) is 49.7 Å². The summed E-state index contributed by atoms with van der Waals surface area (Å²) in [6.07, 6.45) is 1.33. The third-order valence-corrected chi connectivity index (χ3v) is 3.08. The lowest BCUT2D eigenvalue weighted by atomic mass is 9.95. The topological polar surface area (TPSA) is 31.4 Å². The van der Waals surface area contributed by atoms with E-state index in [9.17, 15) is 4.39 Å². The zero-order chi connectivity index (χ0) is 16.7. The fourth-order valence-electron chi connectivity index (χ4n) is 1.96. The van der Waals surface area contributed by atoms with Crippen molar-refractivity contribution in [1.29, 1.82) is 0 Å². The van der Waals surface area contributed by atoms with Gasteiger partial charge >= 0.3 is 0 Å². The Hall–Kier alpha value is -1.91. The van der Waals surface area contributed by atoms with E-state index in [4.69, 9.17) is 21.1 Å². The molecular weight excluding hydrogens is 317 g/mol. The van der Waals surface area contributed by atoms with E-state index in [2.05, 4.69) is 4.98 Å². The second-order valence-electron chi connectivity index (χ2n) is 5.80. The molecule has 0 N–H and O–H groups in total. The Labute approximate surface area is 140 Å². The number of pyridine rings is 1. The zero-order valence-electron chi connectivity index (χ0n) is 13.1. The molecule has 1 heterocycles. The standard InChI is InChI=1S/C18H19ClFNO2/c1-18(2,11-16(19)20)13-22-12-14-7-6-10-17(21-14)23-15-8-4-3-5-9-15/h3-11H,12-13H2,1-2H3/b16-11+. The summed E-state index contributed by atoms with van der Waals surface area (Å²) in [5.74, 6) is 1.23. The number of para-hydroxylation sites is 1. The molecule has 0 amide bonds. The van der Waals surface area contributed by atoms with E-state index in [0.717, 1.165) is 11.4 Å². The maximum atomic E-state index is 12.7. The van der Waals surface area contributed by atoms with Crippen LogP contribution in [0.1, 0.15) is 19.5 Å². The number of aromatic nitrogens is 1. The molecular formula is C18H19ClFNO2. The molecule has 0 saturated carbocycles. The smallest absolute Gasteiger partial charge is 0.219 e. The predicted molar refractivity (Wildman–Crippen MR) is 89.2 cm³/mol. The molecule has 0 spiro atoms. The molecule has 2 aromatic rings. The van der Waals surface area contributed by atoms with Gasteiger partial charge in [0.15, 0.2) is 5.29 Å². The normalized spacial score (nSPS) is 12.3. The Morgan fingerprint density at radius 2 is 1.91 bits per heavy atom. The van der Waals surface area contributed by atoms with Gasteiger partial charge in [0.1, 0.15) is 5.75 Å². The van der Waals surface area contributed by atoms with Gasteiger partial charge in [-0.25, -0.2) is 4.98 Å². The number of ether oxygens (including phenoxy) is 2. The van der Waals surface area contributed by atoms with Crippen LogP contribution in [-0.2, 0) is 11.3 Å². The molecule has 23 heavy (non-hydrogen) atoms. The van der Waals surface area contributed by atoms with E-state index in [0.29, 0.717) is 19.1 Å². The Balaban J connectivity index is 1.92. The van der Waals surface area contributed by atoms with Crippen LogP contribution in [0, 0.1) is 5.41 Å². The van der Waals surface area contributed by atoms with E-state index in [1.165, 1.54) is 6.08 Å². The number of hydrogen-bond acceptors (Lipinski definition) is 3. The Kier molecular flexibility index (Phi) is 6.13. The van der Waals surface area contributed by atoms with Gasteiger partial charge in [-0.3, -0.25) is 0 Å². The summed E-state index contributed by atoms with van der Waals surface area (Å²) < 4.78 is 24.0. The highest BCUT2D eigenvalue weighted by atomic mass is 35.5. The van der Waals surface area contributed by atoms with Gasteiger partial charge in [0.2, 0.25) is 5.88 Å². The van der Waals surface area contributed by atoms with Gasteiger partial charge in [0.25, 0.3) is 0 Å². The molecule has 3 nitrogen and oxygen atoms in total. The maximum absolute atomic E-state index is 12.7. The summed E-state index contributed by atoms with van der Waals surface area (Å²) in [6, 6.07) is 14.9. The fraction of sp³-hybridized carbons (Fsp3) is 0.278. The molecule has 0 fully saturated rings. The summed E-state index contributed by atoms with van der Waals surface area (Å²) in [5.41, 5.74) is 0.258. The second-order valence-corrected chi connectivity index (χ2v) is 6.16. The van der Waals surface area contributed by atoms with Crippen molar-refractivity contribution in [2.45, 2.75) is 20.5 Å². The SMILES string of the molecule is CC(C)(/C=C(/F)Cl)COCc1cccc(Oc2ccccc2)n1. The number of nitrogens with zero attached hydrogens (tertiary/aromatic N) is 1. The quantitative estimate of drug-likeness (QED) is 0.672. The molecule has 0 atom stereocenters. The van der Waals surface area contributed by atoms with Crippen LogP contribution in [0.3, 0.4) is 0 Å². The minimum Gasteiger partial charge on any atom is -0.439 e. The predicted octanol–water partition coefficient (Wildman–Crippen LogP) is 5.47.